The number of aromatic nitrogens is 2. The molecule has 1 aliphatic heterocycles. The fraction of sp³-hybridized carbons (Fsp3) is 0.308. The lowest BCUT2D eigenvalue weighted by Crippen LogP contribution is -2.05. The van der Waals surface area contributed by atoms with Crippen LogP contribution in [0.4, 0.5) is 5.82 Å². The number of hydrogen-bond acceptors (Lipinski definition) is 5. The molecule has 0 saturated carbocycles. The van der Waals surface area contributed by atoms with E-state index in [1.165, 1.54) is 0 Å². The van der Waals surface area contributed by atoms with Gasteiger partial charge in [0, 0.05) is 16.3 Å². The van der Waals surface area contributed by atoms with Gasteiger partial charge < -0.3 is 4.74 Å². The molecule has 92 valence electrons. The second-order valence-corrected chi connectivity index (χ2v) is 4.24. The fourth-order valence-electron chi connectivity index (χ4n) is 1.99. The maximum Gasteiger partial charge on any atom is 0.177 e. The van der Waals surface area contributed by atoms with Crippen molar-refractivity contribution in [3.8, 4) is 5.75 Å². The summed E-state index contributed by atoms with van der Waals surface area (Å²) in [6.45, 7) is 2.88. The van der Waals surface area contributed by atoms with Crippen LogP contribution >= 0.6 is 0 Å². The maximum absolute atomic E-state index is 5.73. The van der Waals surface area contributed by atoms with Crippen LogP contribution in [-0.2, 0) is 0 Å². The summed E-state index contributed by atoms with van der Waals surface area (Å²) in [6, 6.07) is 3.99. The van der Waals surface area contributed by atoms with E-state index in [0.717, 1.165) is 41.5 Å². The Labute approximate surface area is 105 Å². The molecule has 5 nitrogen and oxygen atoms in total. The van der Waals surface area contributed by atoms with E-state index in [-0.39, 0.29) is 0 Å². The van der Waals surface area contributed by atoms with Crippen molar-refractivity contribution < 1.29 is 4.74 Å². The molecule has 2 aromatic rings. The van der Waals surface area contributed by atoms with Gasteiger partial charge >= 0.3 is 0 Å². The zero-order valence-corrected chi connectivity index (χ0v) is 10.2. The highest BCUT2D eigenvalue weighted by Crippen LogP contribution is 2.30. The quantitative estimate of drug-likeness (QED) is 0.837. The van der Waals surface area contributed by atoms with E-state index in [4.69, 9.17) is 4.74 Å². The zero-order chi connectivity index (χ0) is 12.4. The SMILES string of the molecule is CCCCOc1cc2c3c(nncc3c1)NN=C2. The molecular weight excluding hydrogens is 228 g/mol. The molecule has 3 rings (SSSR count). The molecule has 5 heteroatoms. The third-order valence-electron chi connectivity index (χ3n) is 2.90. The summed E-state index contributed by atoms with van der Waals surface area (Å²) < 4.78 is 5.73. The Kier molecular flexibility index (Phi) is 2.80. The van der Waals surface area contributed by atoms with E-state index in [0.29, 0.717) is 5.82 Å². The Morgan fingerprint density at radius 2 is 2.28 bits per heavy atom. The molecule has 1 aliphatic rings. The van der Waals surface area contributed by atoms with Gasteiger partial charge in [-0.2, -0.15) is 10.2 Å². The largest absolute Gasteiger partial charge is 0.494 e. The van der Waals surface area contributed by atoms with Crippen LogP contribution in [0.2, 0.25) is 0 Å². The molecule has 0 atom stereocenters. The number of anilines is 1. The molecule has 1 aromatic heterocycles. The minimum Gasteiger partial charge on any atom is -0.494 e. The van der Waals surface area contributed by atoms with E-state index in [2.05, 4.69) is 27.6 Å². The Hall–Kier alpha value is -2.17. The van der Waals surface area contributed by atoms with Gasteiger partial charge in [0.2, 0.25) is 0 Å². The highest BCUT2D eigenvalue weighted by molar-refractivity contribution is 6.07. The van der Waals surface area contributed by atoms with E-state index in [9.17, 15) is 0 Å². The molecule has 0 unspecified atom stereocenters. The highest BCUT2D eigenvalue weighted by Gasteiger charge is 2.12. The normalized spacial score (nSPS) is 12.5. The van der Waals surface area contributed by atoms with Crippen LogP contribution < -0.4 is 10.2 Å². The van der Waals surface area contributed by atoms with Crippen LogP contribution in [0, 0.1) is 0 Å². The Morgan fingerprint density at radius 3 is 3.17 bits per heavy atom. The van der Waals surface area contributed by atoms with Crippen molar-refractivity contribution in [3.05, 3.63) is 23.9 Å². The summed E-state index contributed by atoms with van der Waals surface area (Å²) in [5, 5.41) is 14.1. The summed E-state index contributed by atoms with van der Waals surface area (Å²) in [6.07, 6.45) is 5.71. The van der Waals surface area contributed by atoms with Crippen molar-refractivity contribution in [3.63, 3.8) is 0 Å². The first kappa shape index (κ1) is 11.0. The summed E-state index contributed by atoms with van der Waals surface area (Å²) >= 11 is 0. The number of rotatable bonds is 4. The van der Waals surface area contributed by atoms with Crippen LogP contribution in [0.25, 0.3) is 10.8 Å². The average molecular weight is 242 g/mol. The summed E-state index contributed by atoms with van der Waals surface area (Å²) in [7, 11) is 0. The molecule has 0 amide bonds. The third kappa shape index (κ3) is 1.88. The second-order valence-electron chi connectivity index (χ2n) is 4.24. The van der Waals surface area contributed by atoms with Gasteiger partial charge in [0.25, 0.3) is 0 Å². The van der Waals surface area contributed by atoms with Crippen LogP contribution in [0.15, 0.2) is 23.4 Å². The number of hydrogen-bond donors (Lipinski definition) is 1. The Morgan fingerprint density at radius 1 is 1.33 bits per heavy atom. The minimum atomic E-state index is 0.699. The number of unbranched alkanes of at least 4 members (excludes halogenated alkanes) is 1. The number of nitrogens with one attached hydrogen (secondary N) is 1. The molecule has 0 saturated heterocycles. The standard InChI is InChI=1S/C13H14N4O/c1-2-3-4-18-11-5-9-7-14-16-13-12(9)10(6-11)8-15-17-13/h5-8H,2-4H2,1H3,(H,16,17). The van der Waals surface area contributed by atoms with Gasteiger partial charge in [-0.1, -0.05) is 13.3 Å². The molecule has 1 aromatic carbocycles. The van der Waals surface area contributed by atoms with Gasteiger partial charge in [0.05, 0.1) is 19.0 Å². The van der Waals surface area contributed by atoms with Crippen molar-refractivity contribution in [1.29, 1.82) is 0 Å². The van der Waals surface area contributed by atoms with E-state index >= 15 is 0 Å². The number of ether oxygens (including phenoxy) is 1. The van der Waals surface area contributed by atoms with E-state index in [1.54, 1.807) is 12.4 Å². The van der Waals surface area contributed by atoms with Gasteiger partial charge in [-0.05, 0) is 18.6 Å². The van der Waals surface area contributed by atoms with Gasteiger partial charge in [-0.25, -0.2) is 0 Å². The van der Waals surface area contributed by atoms with Crippen molar-refractivity contribution in [2.45, 2.75) is 19.8 Å². The molecular formula is C13H14N4O. The molecule has 0 spiro atoms. The lowest BCUT2D eigenvalue weighted by Gasteiger charge is -2.13. The van der Waals surface area contributed by atoms with Crippen molar-refractivity contribution in [2.24, 2.45) is 5.10 Å². The van der Waals surface area contributed by atoms with Gasteiger partial charge in [0.15, 0.2) is 5.82 Å². The molecule has 1 N–H and O–H groups in total. The van der Waals surface area contributed by atoms with Gasteiger partial charge in [-0.15, -0.1) is 5.10 Å². The van der Waals surface area contributed by atoms with Crippen molar-refractivity contribution in [1.82, 2.24) is 10.2 Å². The van der Waals surface area contributed by atoms with Crippen molar-refractivity contribution in [2.75, 3.05) is 12.0 Å². The first-order valence-electron chi connectivity index (χ1n) is 6.10. The summed E-state index contributed by atoms with van der Waals surface area (Å²) in [5.74, 6) is 1.56. The molecule has 0 radical (unpaired) electrons. The average Bonchev–Trinajstić information content (AvgIpc) is 2.40. The van der Waals surface area contributed by atoms with Gasteiger partial charge in [-0.3, -0.25) is 5.43 Å². The third-order valence-corrected chi connectivity index (χ3v) is 2.90. The molecule has 0 fully saturated rings. The Balaban J connectivity index is 2.02. The highest BCUT2D eigenvalue weighted by atomic mass is 16.5. The topological polar surface area (TPSA) is 59.4 Å². The van der Waals surface area contributed by atoms with Crippen LogP contribution in [-0.4, -0.2) is 23.0 Å². The maximum atomic E-state index is 5.73. The Bertz CT molecular complexity index is 609. The van der Waals surface area contributed by atoms with E-state index < -0.39 is 0 Å². The first-order valence-corrected chi connectivity index (χ1v) is 6.10. The lowest BCUT2D eigenvalue weighted by molar-refractivity contribution is 0.310. The first-order chi connectivity index (χ1) is 8.88. The second kappa shape index (κ2) is 4.60. The summed E-state index contributed by atoms with van der Waals surface area (Å²) in [4.78, 5) is 0. The van der Waals surface area contributed by atoms with Gasteiger partial charge in [0.1, 0.15) is 5.75 Å². The monoisotopic (exact) mass is 242 g/mol. The predicted molar refractivity (Wildman–Crippen MR) is 71.2 cm³/mol. The molecule has 18 heavy (non-hydrogen) atoms. The smallest absolute Gasteiger partial charge is 0.177 e. The zero-order valence-electron chi connectivity index (χ0n) is 10.2. The molecule has 0 bridgehead atoms. The molecule has 2 heterocycles. The summed E-state index contributed by atoms with van der Waals surface area (Å²) in [5.41, 5.74) is 3.87. The van der Waals surface area contributed by atoms with Crippen LogP contribution in [0.3, 0.4) is 0 Å². The minimum absolute atomic E-state index is 0.699. The van der Waals surface area contributed by atoms with Crippen molar-refractivity contribution >= 4 is 22.8 Å². The fourth-order valence-corrected chi connectivity index (χ4v) is 1.99. The molecule has 0 aliphatic carbocycles. The number of hydrazone groups is 1. The van der Waals surface area contributed by atoms with Crippen LogP contribution in [0.1, 0.15) is 25.3 Å². The predicted octanol–water partition coefficient (Wildman–Crippen LogP) is 2.57. The number of benzene rings is 1. The number of nitrogens with zero attached hydrogens (tertiary/aromatic N) is 3. The van der Waals surface area contributed by atoms with Crippen LogP contribution in [0.5, 0.6) is 5.75 Å². The lowest BCUT2D eigenvalue weighted by atomic mass is 10.1. The van der Waals surface area contributed by atoms with E-state index in [1.807, 2.05) is 12.1 Å².